The van der Waals surface area contributed by atoms with E-state index in [1.54, 1.807) is 18.2 Å². The minimum Gasteiger partial charge on any atom is -0.378 e. The van der Waals surface area contributed by atoms with Gasteiger partial charge in [-0.3, -0.25) is 0 Å². The number of benzene rings is 1. The molecule has 2 rings (SSSR count). The minimum absolute atomic E-state index is 0.156. The maximum absolute atomic E-state index is 12.4. The van der Waals surface area contributed by atoms with Crippen molar-refractivity contribution < 1.29 is 13.2 Å². The van der Waals surface area contributed by atoms with Gasteiger partial charge in [0.1, 0.15) is 0 Å². The van der Waals surface area contributed by atoms with Crippen LogP contribution in [0.1, 0.15) is 19.8 Å². The SMILES string of the molecule is CCC1OCCC1CNS(=O)(=O)c1cc(Br)ccc1Br. The first-order valence-electron chi connectivity index (χ1n) is 6.50. The van der Waals surface area contributed by atoms with Gasteiger partial charge >= 0.3 is 0 Å². The molecule has 1 heterocycles. The van der Waals surface area contributed by atoms with E-state index in [1.807, 2.05) is 0 Å². The van der Waals surface area contributed by atoms with Gasteiger partial charge in [-0.1, -0.05) is 22.9 Å². The summed E-state index contributed by atoms with van der Waals surface area (Å²) in [6.07, 6.45) is 1.97. The standard InChI is InChI=1S/C13H17Br2NO3S/c1-2-12-9(5-6-19-12)8-16-20(17,18)13-7-10(14)3-4-11(13)15/h3-4,7,9,12,16H,2,5-6,8H2,1H3. The summed E-state index contributed by atoms with van der Waals surface area (Å²) in [5.41, 5.74) is 0. The molecule has 0 amide bonds. The predicted octanol–water partition coefficient (Wildman–Crippen LogP) is 3.31. The predicted molar refractivity (Wildman–Crippen MR) is 85.2 cm³/mol. The average molecular weight is 427 g/mol. The number of sulfonamides is 1. The van der Waals surface area contributed by atoms with E-state index in [2.05, 4.69) is 43.5 Å². The third kappa shape index (κ3) is 3.82. The van der Waals surface area contributed by atoms with Crippen LogP contribution in [-0.4, -0.2) is 27.7 Å². The molecular formula is C13H17Br2NO3S. The zero-order chi connectivity index (χ0) is 14.8. The Balaban J connectivity index is 2.09. The van der Waals surface area contributed by atoms with Gasteiger partial charge in [0, 0.05) is 28.0 Å². The summed E-state index contributed by atoms with van der Waals surface area (Å²) >= 11 is 6.57. The highest BCUT2D eigenvalue weighted by atomic mass is 79.9. The average Bonchev–Trinajstić information content (AvgIpc) is 2.86. The topological polar surface area (TPSA) is 55.4 Å². The van der Waals surface area contributed by atoms with Crippen LogP contribution >= 0.6 is 31.9 Å². The van der Waals surface area contributed by atoms with Gasteiger partial charge in [0.15, 0.2) is 0 Å². The molecule has 4 nitrogen and oxygen atoms in total. The van der Waals surface area contributed by atoms with E-state index in [4.69, 9.17) is 4.74 Å². The van der Waals surface area contributed by atoms with Crippen molar-refractivity contribution in [2.45, 2.75) is 30.8 Å². The highest BCUT2D eigenvalue weighted by molar-refractivity contribution is 9.11. The van der Waals surface area contributed by atoms with Gasteiger partial charge < -0.3 is 4.74 Å². The molecule has 1 fully saturated rings. The molecule has 0 bridgehead atoms. The molecule has 0 aromatic heterocycles. The van der Waals surface area contributed by atoms with Crippen LogP contribution < -0.4 is 4.72 Å². The van der Waals surface area contributed by atoms with E-state index in [-0.39, 0.29) is 16.9 Å². The lowest BCUT2D eigenvalue weighted by Crippen LogP contribution is -2.32. The summed E-state index contributed by atoms with van der Waals surface area (Å²) in [6, 6.07) is 5.10. The van der Waals surface area contributed by atoms with Crippen LogP contribution in [0, 0.1) is 5.92 Å². The summed E-state index contributed by atoms with van der Waals surface area (Å²) < 4.78 is 34.3. The molecule has 0 spiro atoms. The number of hydrogen-bond acceptors (Lipinski definition) is 3. The molecule has 1 saturated heterocycles. The van der Waals surface area contributed by atoms with Gasteiger partial charge in [0.05, 0.1) is 11.0 Å². The Hall–Kier alpha value is 0.0500. The molecule has 1 aromatic rings. The minimum atomic E-state index is -3.52. The third-order valence-corrected chi connectivity index (χ3v) is 6.38. The first kappa shape index (κ1) is 16.4. The van der Waals surface area contributed by atoms with Crippen molar-refractivity contribution in [2.75, 3.05) is 13.2 Å². The lowest BCUT2D eigenvalue weighted by atomic mass is 10.0. The van der Waals surface area contributed by atoms with Gasteiger partial charge in [-0.25, -0.2) is 13.1 Å². The lowest BCUT2D eigenvalue weighted by Gasteiger charge is -2.17. The van der Waals surface area contributed by atoms with Crippen molar-refractivity contribution in [3.05, 3.63) is 27.1 Å². The van der Waals surface area contributed by atoms with Gasteiger partial charge in [-0.05, 0) is 47.0 Å². The van der Waals surface area contributed by atoms with Crippen LogP contribution in [0.25, 0.3) is 0 Å². The van der Waals surface area contributed by atoms with Crippen LogP contribution in [-0.2, 0) is 14.8 Å². The monoisotopic (exact) mass is 425 g/mol. The van der Waals surface area contributed by atoms with Crippen molar-refractivity contribution in [1.29, 1.82) is 0 Å². The first-order valence-corrected chi connectivity index (χ1v) is 9.57. The number of rotatable bonds is 5. The Morgan fingerprint density at radius 3 is 2.85 bits per heavy atom. The lowest BCUT2D eigenvalue weighted by molar-refractivity contribution is 0.0884. The van der Waals surface area contributed by atoms with E-state index in [0.717, 1.165) is 17.3 Å². The second-order valence-electron chi connectivity index (χ2n) is 4.79. The van der Waals surface area contributed by atoms with Gasteiger partial charge in [-0.2, -0.15) is 0 Å². The maximum Gasteiger partial charge on any atom is 0.241 e. The molecule has 1 N–H and O–H groups in total. The summed E-state index contributed by atoms with van der Waals surface area (Å²) in [7, 11) is -3.52. The highest BCUT2D eigenvalue weighted by Crippen LogP contribution is 2.27. The zero-order valence-electron chi connectivity index (χ0n) is 11.1. The van der Waals surface area contributed by atoms with Crippen molar-refractivity contribution >= 4 is 41.9 Å². The normalized spacial score (nSPS) is 23.1. The van der Waals surface area contributed by atoms with Gasteiger partial charge in [-0.15, -0.1) is 0 Å². The van der Waals surface area contributed by atoms with Gasteiger partial charge in [0.2, 0.25) is 10.0 Å². The van der Waals surface area contributed by atoms with E-state index in [9.17, 15) is 8.42 Å². The Bertz CT molecular complexity index is 577. The molecule has 1 aromatic carbocycles. The highest BCUT2D eigenvalue weighted by Gasteiger charge is 2.28. The van der Waals surface area contributed by atoms with Crippen molar-refractivity contribution in [1.82, 2.24) is 4.72 Å². The van der Waals surface area contributed by atoms with Crippen LogP contribution in [0.3, 0.4) is 0 Å². The van der Waals surface area contributed by atoms with E-state index < -0.39 is 10.0 Å². The number of halogens is 2. The second-order valence-corrected chi connectivity index (χ2v) is 8.30. The van der Waals surface area contributed by atoms with Crippen LogP contribution in [0.5, 0.6) is 0 Å². The van der Waals surface area contributed by atoms with Gasteiger partial charge in [0.25, 0.3) is 0 Å². The van der Waals surface area contributed by atoms with Crippen LogP contribution in [0.4, 0.5) is 0 Å². The van der Waals surface area contributed by atoms with E-state index >= 15 is 0 Å². The molecule has 0 aliphatic carbocycles. The Labute approximate surface area is 136 Å². The molecular weight excluding hydrogens is 410 g/mol. The first-order chi connectivity index (χ1) is 9.44. The summed E-state index contributed by atoms with van der Waals surface area (Å²) in [6.45, 7) is 3.19. The van der Waals surface area contributed by atoms with E-state index in [1.165, 1.54) is 0 Å². The van der Waals surface area contributed by atoms with Crippen molar-refractivity contribution in [3.63, 3.8) is 0 Å². The summed E-state index contributed by atoms with van der Waals surface area (Å²) in [4.78, 5) is 0.249. The smallest absolute Gasteiger partial charge is 0.241 e. The largest absolute Gasteiger partial charge is 0.378 e. The summed E-state index contributed by atoms with van der Waals surface area (Å²) in [5.74, 6) is 0.251. The second kappa shape index (κ2) is 6.87. The van der Waals surface area contributed by atoms with Crippen LogP contribution in [0.15, 0.2) is 32.0 Å². The maximum atomic E-state index is 12.4. The molecule has 2 atom stereocenters. The fourth-order valence-corrected chi connectivity index (χ4v) is 4.95. The third-order valence-electron chi connectivity index (χ3n) is 3.47. The van der Waals surface area contributed by atoms with Crippen molar-refractivity contribution in [3.8, 4) is 0 Å². The number of ether oxygens (including phenoxy) is 1. The number of nitrogens with one attached hydrogen (secondary N) is 1. The fraction of sp³-hybridized carbons (Fsp3) is 0.538. The molecule has 1 aliphatic heterocycles. The Kier molecular flexibility index (Phi) is 5.64. The molecule has 20 heavy (non-hydrogen) atoms. The molecule has 0 saturated carbocycles. The van der Waals surface area contributed by atoms with Crippen molar-refractivity contribution in [2.24, 2.45) is 5.92 Å². The van der Waals surface area contributed by atoms with E-state index in [0.29, 0.717) is 17.6 Å². The Morgan fingerprint density at radius 1 is 1.40 bits per heavy atom. The molecule has 1 aliphatic rings. The Morgan fingerprint density at radius 2 is 2.15 bits per heavy atom. The number of hydrogen-bond donors (Lipinski definition) is 1. The quantitative estimate of drug-likeness (QED) is 0.785. The molecule has 112 valence electrons. The molecule has 2 unspecified atom stereocenters. The fourth-order valence-electron chi connectivity index (χ4n) is 2.36. The zero-order valence-corrected chi connectivity index (χ0v) is 15.1. The molecule has 7 heteroatoms. The summed E-state index contributed by atoms with van der Waals surface area (Å²) in [5, 5.41) is 0. The molecule has 0 radical (unpaired) electrons. The van der Waals surface area contributed by atoms with Crippen LogP contribution in [0.2, 0.25) is 0 Å².